The van der Waals surface area contributed by atoms with Crippen molar-refractivity contribution in [3.8, 4) is 22.8 Å². The van der Waals surface area contributed by atoms with E-state index in [0.717, 1.165) is 39.1 Å². The van der Waals surface area contributed by atoms with Crippen molar-refractivity contribution in [2.75, 3.05) is 12.8 Å². The van der Waals surface area contributed by atoms with Gasteiger partial charge in [0.05, 0.1) is 29.7 Å². The number of nitrogens with zero attached hydrogens (tertiary/aromatic N) is 2. The Morgan fingerprint density at radius 3 is 2.64 bits per heavy atom. The fraction of sp³-hybridized carbons (Fsp3) is 0.0952. The molecule has 0 unspecified atom stereocenters. The van der Waals surface area contributed by atoms with E-state index in [1.165, 1.54) is 0 Å². The molecule has 0 aliphatic carbocycles. The Kier molecular flexibility index (Phi) is 3.65. The van der Waals surface area contributed by atoms with Crippen LogP contribution in [-0.2, 0) is 0 Å². The number of anilines is 1. The highest BCUT2D eigenvalue weighted by molar-refractivity contribution is 5.87. The van der Waals surface area contributed by atoms with Crippen LogP contribution in [0, 0.1) is 6.92 Å². The van der Waals surface area contributed by atoms with Crippen molar-refractivity contribution in [3.05, 3.63) is 72.4 Å². The fourth-order valence-corrected chi connectivity index (χ4v) is 3.19. The molecule has 124 valence electrons. The van der Waals surface area contributed by atoms with E-state index in [2.05, 4.69) is 34.7 Å². The Morgan fingerprint density at radius 1 is 1.00 bits per heavy atom. The van der Waals surface area contributed by atoms with E-state index in [0.29, 0.717) is 5.88 Å². The lowest BCUT2D eigenvalue weighted by Gasteiger charge is -2.13. The van der Waals surface area contributed by atoms with Crippen LogP contribution in [0.4, 0.5) is 5.69 Å². The lowest BCUT2D eigenvalue weighted by Crippen LogP contribution is -2.00. The van der Waals surface area contributed by atoms with Crippen molar-refractivity contribution in [3.63, 3.8) is 0 Å². The first-order valence-corrected chi connectivity index (χ1v) is 8.15. The molecule has 0 saturated carbocycles. The number of para-hydroxylation sites is 2. The minimum atomic E-state index is 0.629. The Morgan fingerprint density at radius 2 is 1.84 bits per heavy atom. The van der Waals surface area contributed by atoms with Crippen LogP contribution in [0.3, 0.4) is 0 Å². The van der Waals surface area contributed by atoms with Gasteiger partial charge in [-0.05, 0) is 60.5 Å². The molecule has 0 saturated heterocycles. The molecule has 0 bridgehead atoms. The molecular formula is C21H19N3O. The van der Waals surface area contributed by atoms with Crippen molar-refractivity contribution in [2.45, 2.75) is 6.92 Å². The van der Waals surface area contributed by atoms with E-state index in [9.17, 15) is 0 Å². The van der Waals surface area contributed by atoms with Crippen molar-refractivity contribution < 1.29 is 4.74 Å². The van der Waals surface area contributed by atoms with Crippen molar-refractivity contribution in [1.29, 1.82) is 0 Å². The minimum Gasteiger partial charge on any atom is -0.481 e. The lowest BCUT2D eigenvalue weighted by atomic mass is 10.0. The van der Waals surface area contributed by atoms with Gasteiger partial charge in [0.1, 0.15) is 0 Å². The van der Waals surface area contributed by atoms with E-state index in [-0.39, 0.29) is 0 Å². The third-order valence-electron chi connectivity index (χ3n) is 4.41. The zero-order valence-electron chi connectivity index (χ0n) is 14.2. The summed E-state index contributed by atoms with van der Waals surface area (Å²) in [4.78, 5) is 4.56. The van der Waals surface area contributed by atoms with Gasteiger partial charge >= 0.3 is 0 Å². The molecule has 0 aliphatic heterocycles. The summed E-state index contributed by atoms with van der Waals surface area (Å²) >= 11 is 0. The SMILES string of the molecule is COc1ccc2cc(-c3cccn3-c3ccccc3N)cc(C)c2n1. The van der Waals surface area contributed by atoms with Gasteiger partial charge in [0, 0.05) is 17.6 Å². The summed E-state index contributed by atoms with van der Waals surface area (Å²) in [6.45, 7) is 2.07. The van der Waals surface area contributed by atoms with Crippen LogP contribution < -0.4 is 10.5 Å². The van der Waals surface area contributed by atoms with Gasteiger partial charge < -0.3 is 15.0 Å². The van der Waals surface area contributed by atoms with Crippen molar-refractivity contribution >= 4 is 16.6 Å². The molecule has 4 rings (SSSR count). The van der Waals surface area contributed by atoms with Gasteiger partial charge in [0.2, 0.25) is 5.88 Å². The Bertz CT molecular complexity index is 1070. The molecule has 2 heterocycles. The highest BCUT2D eigenvalue weighted by Crippen LogP contribution is 2.31. The number of pyridine rings is 1. The Labute approximate surface area is 146 Å². The predicted molar refractivity (Wildman–Crippen MR) is 102 cm³/mol. The normalized spacial score (nSPS) is 11.0. The van der Waals surface area contributed by atoms with Crippen molar-refractivity contribution in [2.24, 2.45) is 0 Å². The summed E-state index contributed by atoms with van der Waals surface area (Å²) in [6.07, 6.45) is 2.03. The number of benzene rings is 2. The van der Waals surface area contributed by atoms with Crippen LogP contribution in [0.25, 0.3) is 27.8 Å². The maximum atomic E-state index is 6.17. The quantitative estimate of drug-likeness (QED) is 0.559. The molecule has 2 aromatic carbocycles. The van der Waals surface area contributed by atoms with Gasteiger partial charge in [-0.25, -0.2) is 4.98 Å². The number of nitrogens with two attached hydrogens (primary N) is 1. The third-order valence-corrected chi connectivity index (χ3v) is 4.41. The first-order chi connectivity index (χ1) is 12.2. The molecule has 0 amide bonds. The number of rotatable bonds is 3. The summed E-state index contributed by atoms with van der Waals surface area (Å²) in [5, 5.41) is 1.09. The maximum Gasteiger partial charge on any atom is 0.213 e. The smallest absolute Gasteiger partial charge is 0.213 e. The summed E-state index contributed by atoms with van der Waals surface area (Å²) < 4.78 is 7.36. The molecule has 0 aliphatic rings. The second-order valence-electron chi connectivity index (χ2n) is 6.04. The number of hydrogen-bond acceptors (Lipinski definition) is 3. The van der Waals surface area contributed by atoms with Gasteiger partial charge in [0.15, 0.2) is 0 Å². The van der Waals surface area contributed by atoms with E-state index in [1.54, 1.807) is 7.11 Å². The van der Waals surface area contributed by atoms with Crippen LogP contribution >= 0.6 is 0 Å². The van der Waals surface area contributed by atoms with Crippen LogP contribution in [0.5, 0.6) is 5.88 Å². The Balaban J connectivity index is 1.89. The minimum absolute atomic E-state index is 0.629. The molecule has 4 aromatic rings. The highest BCUT2D eigenvalue weighted by Gasteiger charge is 2.11. The van der Waals surface area contributed by atoms with E-state index in [4.69, 9.17) is 10.5 Å². The van der Waals surface area contributed by atoms with Gasteiger partial charge in [-0.2, -0.15) is 0 Å². The first kappa shape index (κ1) is 15.3. The summed E-state index contributed by atoms with van der Waals surface area (Å²) in [7, 11) is 1.63. The predicted octanol–water partition coefficient (Wildman–Crippen LogP) is 4.59. The summed E-state index contributed by atoms with van der Waals surface area (Å²) in [6, 6.07) is 20.3. The van der Waals surface area contributed by atoms with Crippen LogP contribution in [0.15, 0.2) is 66.9 Å². The topological polar surface area (TPSA) is 53.1 Å². The zero-order valence-corrected chi connectivity index (χ0v) is 14.2. The second-order valence-corrected chi connectivity index (χ2v) is 6.04. The van der Waals surface area contributed by atoms with Gasteiger partial charge in [-0.1, -0.05) is 12.1 Å². The number of hydrogen-bond donors (Lipinski definition) is 1. The van der Waals surface area contributed by atoms with Crippen LogP contribution in [0.1, 0.15) is 5.56 Å². The molecular weight excluding hydrogens is 310 g/mol. The number of aromatic nitrogens is 2. The van der Waals surface area contributed by atoms with Gasteiger partial charge in [-0.3, -0.25) is 0 Å². The summed E-state index contributed by atoms with van der Waals surface area (Å²) in [5.74, 6) is 0.629. The molecule has 0 fully saturated rings. The third kappa shape index (κ3) is 2.62. The van der Waals surface area contributed by atoms with E-state index < -0.39 is 0 Å². The van der Waals surface area contributed by atoms with Gasteiger partial charge in [0.25, 0.3) is 0 Å². The number of aryl methyl sites for hydroxylation is 1. The van der Waals surface area contributed by atoms with Crippen molar-refractivity contribution in [1.82, 2.24) is 9.55 Å². The molecule has 25 heavy (non-hydrogen) atoms. The van der Waals surface area contributed by atoms with Gasteiger partial charge in [-0.15, -0.1) is 0 Å². The molecule has 0 atom stereocenters. The number of methoxy groups -OCH3 is 1. The van der Waals surface area contributed by atoms with Crippen LogP contribution in [0.2, 0.25) is 0 Å². The number of ether oxygens (including phenoxy) is 1. The Hall–Kier alpha value is -3.27. The van der Waals surface area contributed by atoms with E-state index in [1.807, 2.05) is 48.7 Å². The lowest BCUT2D eigenvalue weighted by molar-refractivity contribution is 0.399. The first-order valence-electron chi connectivity index (χ1n) is 8.15. The van der Waals surface area contributed by atoms with Crippen LogP contribution in [-0.4, -0.2) is 16.7 Å². The number of fused-ring (bicyclic) bond motifs is 1. The maximum absolute atomic E-state index is 6.17. The van der Waals surface area contributed by atoms with E-state index >= 15 is 0 Å². The average Bonchev–Trinajstić information content (AvgIpc) is 3.11. The zero-order chi connectivity index (χ0) is 17.4. The standard InChI is InChI=1S/C21H19N3O/c1-14-12-16(13-15-9-10-20(25-2)23-21(14)15)18-8-5-11-24(18)19-7-4-3-6-17(19)22/h3-13H,22H2,1-2H3. The second kappa shape index (κ2) is 5.98. The monoisotopic (exact) mass is 329 g/mol. The molecule has 2 aromatic heterocycles. The molecule has 4 heteroatoms. The number of nitrogen functional groups attached to an aromatic ring is 1. The molecule has 4 nitrogen and oxygen atoms in total. The summed E-state index contributed by atoms with van der Waals surface area (Å²) in [5.41, 5.74) is 12.2. The average molecular weight is 329 g/mol. The highest BCUT2D eigenvalue weighted by atomic mass is 16.5. The fourth-order valence-electron chi connectivity index (χ4n) is 3.19. The molecule has 0 radical (unpaired) electrons. The molecule has 2 N–H and O–H groups in total. The molecule has 0 spiro atoms. The largest absolute Gasteiger partial charge is 0.481 e.